The van der Waals surface area contributed by atoms with E-state index >= 15 is 0 Å². The maximum Gasteiger partial charge on any atom is 0.131 e. The molecule has 0 saturated carbocycles. The molecule has 3 N–H and O–H groups in total. The second kappa shape index (κ2) is 4.99. The topological polar surface area (TPSA) is 49.0 Å². The summed E-state index contributed by atoms with van der Waals surface area (Å²) in [4.78, 5) is 3.95. The standard InChI is InChI=1S/C11H17ClN4/c1-7-10(8(2)16-15-7)6-14-9-3-4-13-11(12)5-9/h3-5,7-8,10,15-16H,6H2,1-2H3,(H,13,14). The van der Waals surface area contributed by atoms with Crippen LogP contribution in [0.1, 0.15) is 13.8 Å². The normalized spacial score (nSPS) is 29.3. The number of nitrogens with one attached hydrogen (secondary N) is 3. The van der Waals surface area contributed by atoms with Crippen LogP contribution in [0.15, 0.2) is 18.3 Å². The van der Waals surface area contributed by atoms with Crippen LogP contribution in [0.25, 0.3) is 0 Å². The fourth-order valence-electron chi connectivity index (χ4n) is 2.01. The van der Waals surface area contributed by atoms with Crippen molar-refractivity contribution in [3.63, 3.8) is 0 Å². The third-order valence-electron chi connectivity index (χ3n) is 3.09. The molecule has 5 heteroatoms. The van der Waals surface area contributed by atoms with Crippen molar-refractivity contribution in [3.8, 4) is 0 Å². The molecule has 88 valence electrons. The molecule has 2 unspecified atom stereocenters. The highest BCUT2D eigenvalue weighted by Gasteiger charge is 2.29. The van der Waals surface area contributed by atoms with Crippen LogP contribution in [-0.4, -0.2) is 23.6 Å². The lowest BCUT2D eigenvalue weighted by Gasteiger charge is -2.19. The minimum Gasteiger partial charge on any atom is -0.385 e. The van der Waals surface area contributed by atoms with Gasteiger partial charge in [0.05, 0.1) is 0 Å². The number of nitrogens with zero attached hydrogens (tertiary/aromatic N) is 1. The lowest BCUT2D eigenvalue weighted by atomic mass is 9.97. The minimum atomic E-state index is 0.472. The number of rotatable bonds is 3. The van der Waals surface area contributed by atoms with Gasteiger partial charge in [0.15, 0.2) is 0 Å². The lowest BCUT2D eigenvalue weighted by molar-refractivity contribution is 0.466. The van der Waals surface area contributed by atoms with Crippen LogP contribution in [0, 0.1) is 5.92 Å². The van der Waals surface area contributed by atoms with Crippen molar-refractivity contribution in [2.45, 2.75) is 25.9 Å². The van der Waals surface area contributed by atoms with E-state index in [2.05, 4.69) is 35.0 Å². The van der Waals surface area contributed by atoms with Crippen LogP contribution >= 0.6 is 11.6 Å². The van der Waals surface area contributed by atoms with E-state index in [0.717, 1.165) is 12.2 Å². The molecule has 1 aromatic heterocycles. The summed E-state index contributed by atoms with van der Waals surface area (Å²) in [5, 5.41) is 3.91. The fraction of sp³-hybridized carbons (Fsp3) is 0.545. The Morgan fingerprint density at radius 3 is 2.69 bits per heavy atom. The van der Waals surface area contributed by atoms with Crippen LogP contribution in [-0.2, 0) is 0 Å². The Morgan fingerprint density at radius 2 is 2.06 bits per heavy atom. The number of hydrazine groups is 1. The molecule has 1 aromatic rings. The number of halogens is 1. The molecule has 0 radical (unpaired) electrons. The second-order valence-electron chi connectivity index (χ2n) is 4.28. The van der Waals surface area contributed by atoms with Crippen LogP contribution < -0.4 is 16.2 Å². The van der Waals surface area contributed by atoms with Crippen molar-refractivity contribution in [2.24, 2.45) is 5.92 Å². The number of anilines is 1. The number of aromatic nitrogens is 1. The van der Waals surface area contributed by atoms with Gasteiger partial charge in [-0.2, -0.15) is 0 Å². The van der Waals surface area contributed by atoms with E-state index in [-0.39, 0.29) is 0 Å². The summed E-state index contributed by atoms with van der Waals surface area (Å²) in [5.74, 6) is 0.562. The highest BCUT2D eigenvalue weighted by molar-refractivity contribution is 6.29. The maximum absolute atomic E-state index is 5.82. The summed E-state index contributed by atoms with van der Waals surface area (Å²) >= 11 is 5.82. The summed E-state index contributed by atoms with van der Waals surface area (Å²) in [5.41, 5.74) is 7.50. The van der Waals surface area contributed by atoms with Crippen molar-refractivity contribution in [1.29, 1.82) is 0 Å². The van der Waals surface area contributed by atoms with Gasteiger partial charge in [0.2, 0.25) is 0 Å². The Hall–Kier alpha value is -0.840. The highest BCUT2D eigenvalue weighted by atomic mass is 35.5. The van der Waals surface area contributed by atoms with Gasteiger partial charge in [-0.05, 0) is 26.0 Å². The van der Waals surface area contributed by atoms with Gasteiger partial charge in [-0.15, -0.1) is 0 Å². The van der Waals surface area contributed by atoms with Gasteiger partial charge >= 0.3 is 0 Å². The second-order valence-corrected chi connectivity index (χ2v) is 4.67. The van der Waals surface area contributed by atoms with Gasteiger partial charge in [0.1, 0.15) is 5.15 Å². The summed E-state index contributed by atoms with van der Waals surface area (Å²) in [7, 11) is 0. The third-order valence-corrected chi connectivity index (χ3v) is 3.30. The van der Waals surface area contributed by atoms with Crippen LogP contribution in [0.4, 0.5) is 5.69 Å². The molecule has 0 amide bonds. The highest BCUT2D eigenvalue weighted by Crippen LogP contribution is 2.17. The monoisotopic (exact) mass is 240 g/mol. The van der Waals surface area contributed by atoms with E-state index in [0.29, 0.717) is 23.2 Å². The first-order chi connectivity index (χ1) is 7.66. The first kappa shape index (κ1) is 11.6. The van der Waals surface area contributed by atoms with Crippen LogP contribution in [0.2, 0.25) is 5.15 Å². The summed E-state index contributed by atoms with van der Waals surface area (Å²) in [6.07, 6.45) is 1.71. The first-order valence-electron chi connectivity index (χ1n) is 5.53. The Balaban J connectivity index is 1.92. The van der Waals surface area contributed by atoms with Crippen molar-refractivity contribution in [1.82, 2.24) is 15.8 Å². The summed E-state index contributed by atoms with van der Waals surface area (Å²) < 4.78 is 0. The predicted octanol–water partition coefficient (Wildman–Crippen LogP) is 1.65. The van der Waals surface area contributed by atoms with Crippen molar-refractivity contribution in [3.05, 3.63) is 23.5 Å². The SMILES string of the molecule is CC1NNC(C)C1CNc1ccnc(Cl)c1. The van der Waals surface area contributed by atoms with Gasteiger partial charge < -0.3 is 5.32 Å². The molecular weight excluding hydrogens is 224 g/mol. The Kier molecular flexibility index (Phi) is 3.63. The van der Waals surface area contributed by atoms with Crippen LogP contribution in [0.3, 0.4) is 0 Å². The minimum absolute atomic E-state index is 0.472. The zero-order valence-corrected chi connectivity index (χ0v) is 10.3. The Bertz CT molecular complexity index is 348. The molecule has 1 fully saturated rings. The van der Waals surface area contributed by atoms with E-state index < -0.39 is 0 Å². The number of hydrogen-bond donors (Lipinski definition) is 3. The van der Waals surface area contributed by atoms with Gasteiger partial charge in [0, 0.05) is 36.4 Å². The summed E-state index contributed by atoms with van der Waals surface area (Å²) in [6, 6.07) is 4.71. The zero-order valence-electron chi connectivity index (χ0n) is 9.50. The zero-order chi connectivity index (χ0) is 11.5. The summed E-state index contributed by atoms with van der Waals surface area (Å²) in [6.45, 7) is 5.29. The lowest BCUT2D eigenvalue weighted by Crippen LogP contribution is -2.30. The average Bonchev–Trinajstić information content (AvgIpc) is 2.56. The van der Waals surface area contributed by atoms with Crippen molar-refractivity contribution < 1.29 is 0 Å². The van der Waals surface area contributed by atoms with Gasteiger partial charge in [-0.1, -0.05) is 11.6 Å². The largest absolute Gasteiger partial charge is 0.385 e. The molecule has 1 aliphatic rings. The van der Waals surface area contributed by atoms with E-state index in [9.17, 15) is 0 Å². The molecule has 16 heavy (non-hydrogen) atoms. The van der Waals surface area contributed by atoms with E-state index in [4.69, 9.17) is 11.6 Å². The Morgan fingerprint density at radius 1 is 1.38 bits per heavy atom. The number of hydrogen-bond acceptors (Lipinski definition) is 4. The molecule has 0 bridgehead atoms. The third kappa shape index (κ3) is 2.64. The van der Waals surface area contributed by atoms with Gasteiger partial charge in [0.25, 0.3) is 0 Å². The van der Waals surface area contributed by atoms with Crippen LogP contribution in [0.5, 0.6) is 0 Å². The molecule has 4 nitrogen and oxygen atoms in total. The molecule has 1 saturated heterocycles. The molecule has 0 aromatic carbocycles. The molecule has 2 heterocycles. The number of pyridine rings is 1. The van der Waals surface area contributed by atoms with Crippen molar-refractivity contribution in [2.75, 3.05) is 11.9 Å². The molecule has 0 aliphatic carbocycles. The smallest absolute Gasteiger partial charge is 0.131 e. The maximum atomic E-state index is 5.82. The molecule has 1 aliphatic heterocycles. The molecule has 2 atom stereocenters. The Labute approximate surface area is 101 Å². The van der Waals surface area contributed by atoms with E-state index in [1.807, 2.05) is 12.1 Å². The quantitative estimate of drug-likeness (QED) is 0.704. The molecule has 0 spiro atoms. The predicted molar refractivity (Wildman–Crippen MR) is 66.4 cm³/mol. The first-order valence-corrected chi connectivity index (χ1v) is 5.91. The fourth-order valence-corrected chi connectivity index (χ4v) is 2.19. The van der Waals surface area contributed by atoms with E-state index in [1.54, 1.807) is 6.20 Å². The molecular formula is C11H17ClN4. The van der Waals surface area contributed by atoms with Gasteiger partial charge in [-0.25, -0.2) is 4.98 Å². The molecule has 2 rings (SSSR count). The average molecular weight is 241 g/mol. The van der Waals surface area contributed by atoms with Crippen molar-refractivity contribution >= 4 is 17.3 Å². The van der Waals surface area contributed by atoms with Gasteiger partial charge in [-0.3, -0.25) is 10.9 Å². The van der Waals surface area contributed by atoms with E-state index in [1.165, 1.54) is 0 Å².